The van der Waals surface area contributed by atoms with E-state index in [4.69, 9.17) is 0 Å². The number of hydrogen-bond acceptors (Lipinski definition) is 3. The van der Waals surface area contributed by atoms with E-state index in [1.807, 2.05) is 13.0 Å². The number of aromatic nitrogens is 1. The van der Waals surface area contributed by atoms with E-state index in [0.717, 1.165) is 25.0 Å². The van der Waals surface area contributed by atoms with Gasteiger partial charge in [-0.15, -0.1) is 0 Å². The summed E-state index contributed by atoms with van der Waals surface area (Å²) in [7, 11) is 0. The van der Waals surface area contributed by atoms with E-state index < -0.39 is 5.41 Å². The lowest BCUT2D eigenvalue weighted by Gasteiger charge is -2.29. The quantitative estimate of drug-likeness (QED) is 0.868. The second-order valence-electron chi connectivity index (χ2n) is 4.89. The Kier molecular flexibility index (Phi) is 3.61. The maximum Gasteiger partial charge on any atom is 0.244 e. The molecule has 0 bridgehead atoms. The maximum atomic E-state index is 12.3. The zero-order valence-electron chi connectivity index (χ0n) is 10.6. The Balaban J connectivity index is 2.13. The smallest absolute Gasteiger partial charge is 0.244 e. The van der Waals surface area contributed by atoms with Gasteiger partial charge in [0, 0.05) is 17.6 Å². The molecule has 1 amide bonds. The highest BCUT2D eigenvalue weighted by Gasteiger charge is 2.39. The monoisotopic (exact) mass is 243 g/mol. The topological polar surface area (TPSA) is 65.8 Å². The minimum atomic E-state index is -0.838. The van der Waals surface area contributed by atoms with E-state index in [-0.39, 0.29) is 5.91 Å². The molecule has 1 aromatic heterocycles. The highest BCUT2D eigenvalue weighted by Crippen LogP contribution is 2.36. The molecule has 0 saturated heterocycles. The van der Waals surface area contributed by atoms with E-state index in [1.54, 1.807) is 12.3 Å². The van der Waals surface area contributed by atoms with Crippen molar-refractivity contribution in [2.24, 2.45) is 5.41 Å². The number of amides is 1. The largest absolute Gasteiger partial charge is 0.325 e. The van der Waals surface area contributed by atoms with Crippen molar-refractivity contribution in [2.75, 3.05) is 5.32 Å². The number of carbonyl (C=O) groups is 1. The molecule has 1 saturated carbocycles. The van der Waals surface area contributed by atoms with Crippen molar-refractivity contribution in [3.05, 3.63) is 24.0 Å². The molecule has 18 heavy (non-hydrogen) atoms. The van der Waals surface area contributed by atoms with Crippen LogP contribution in [0.1, 0.15) is 37.8 Å². The molecular formula is C14H17N3O. The highest BCUT2D eigenvalue weighted by atomic mass is 16.2. The van der Waals surface area contributed by atoms with E-state index in [1.165, 1.54) is 0 Å². The van der Waals surface area contributed by atoms with Crippen molar-refractivity contribution >= 4 is 11.6 Å². The molecule has 1 aliphatic carbocycles. The summed E-state index contributed by atoms with van der Waals surface area (Å²) in [6.45, 7) is 1.87. The molecule has 4 heteroatoms. The highest BCUT2D eigenvalue weighted by molar-refractivity contribution is 5.97. The molecule has 0 unspecified atom stereocenters. The zero-order chi connectivity index (χ0) is 13.0. The maximum absolute atomic E-state index is 12.3. The molecule has 1 N–H and O–H groups in total. The fourth-order valence-electron chi connectivity index (χ4n) is 2.42. The predicted molar refractivity (Wildman–Crippen MR) is 68.7 cm³/mol. The van der Waals surface area contributed by atoms with Gasteiger partial charge in [-0.3, -0.25) is 9.78 Å². The Bertz CT molecular complexity index is 484. The summed E-state index contributed by atoms with van der Waals surface area (Å²) >= 11 is 0. The molecule has 1 heterocycles. The van der Waals surface area contributed by atoms with Gasteiger partial charge in [-0.1, -0.05) is 19.3 Å². The number of aryl methyl sites for hydroxylation is 1. The van der Waals surface area contributed by atoms with Crippen LogP contribution in [0.15, 0.2) is 18.3 Å². The number of nitrogens with one attached hydrogen (secondary N) is 1. The van der Waals surface area contributed by atoms with Gasteiger partial charge >= 0.3 is 0 Å². The van der Waals surface area contributed by atoms with Crippen molar-refractivity contribution < 1.29 is 4.79 Å². The third-order valence-electron chi connectivity index (χ3n) is 3.51. The van der Waals surface area contributed by atoms with Gasteiger partial charge < -0.3 is 5.32 Å². The van der Waals surface area contributed by atoms with Crippen molar-refractivity contribution in [3.8, 4) is 6.07 Å². The normalized spacial score (nSPS) is 17.8. The van der Waals surface area contributed by atoms with Crippen molar-refractivity contribution in [1.82, 2.24) is 4.98 Å². The van der Waals surface area contributed by atoms with Gasteiger partial charge in [-0.25, -0.2) is 0 Å². The Labute approximate surface area is 107 Å². The molecule has 0 radical (unpaired) electrons. The molecule has 1 aromatic rings. The summed E-state index contributed by atoms with van der Waals surface area (Å²) in [6, 6.07) is 5.78. The number of hydrogen-bond donors (Lipinski definition) is 1. The lowest BCUT2D eigenvalue weighted by molar-refractivity contribution is -0.124. The summed E-state index contributed by atoms with van der Waals surface area (Å²) in [6.07, 6.45) is 6.02. The minimum absolute atomic E-state index is 0.171. The lowest BCUT2D eigenvalue weighted by Crippen LogP contribution is -2.36. The van der Waals surface area contributed by atoms with Crippen LogP contribution in [0.4, 0.5) is 5.69 Å². The number of carbonyl (C=O) groups excluding carboxylic acids is 1. The summed E-state index contributed by atoms with van der Waals surface area (Å²) in [5.74, 6) is -0.171. The fraction of sp³-hybridized carbons (Fsp3) is 0.500. The van der Waals surface area contributed by atoms with Gasteiger partial charge in [0.1, 0.15) is 5.41 Å². The first kappa shape index (κ1) is 12.6. The first-order valence-corrected chi connectivity index (χ1v) is 6.32. The van der Waals surface area contributed by atoms with Crippen molar-refractivity contribution in [2.45, 2.75) is 39.0 Å². The number of pyridine rings is 1. The summed E-state index contributed by atoms with van der Waals surface area (Å²) in [5, 5.41) is 12.2. The third kappa shape index (κ3) is 2.51. The second kappa shape index (κ2) is 5.18. The van der Waals surface area contributed by atoms with Gasteiger partial charge in [-0.05, 0) is 31.9 Å². The van der Waals surface area contributed by atoms with Crippen molar-refractivity contribution in [3.63, 3.8) is 0 Å². The van der Waals surface area contributed by atoms with Gasteiger partial charge in [0.2, 0.25) is 5.91 Å². The molecule has 4 nitrogen and oxygen atoms in total. The molecule has 0 aliphatic heterocycles. The number of nitriles is 1. The number of anilines is 1. The Morgan fingerprint density at radius 1 is 1.44 bits per heavy atom. The molecule has 0 aromatic carbocycles. The Morgan fingerprint density at radius 3 is 2.78 bits per heavy atom. The van der Waals surface area contributed by atoms with Crippen LogP contribution in [-0.4, -0.2) is 10.9 Å². The van der Waals surface area contributed by atoms with Crippen LogP contribution in [0.3, 0.4) is 0 Å². The van der Waals surface area contributed by atoms with E-state index in [9.17, 15) is 10.1 Å². The standard InChI is InChI=1S/C14H17N3O/c1-11-9-12(5-8-16-11)17-13(18)14(10-15)6-3-2-4-7-14/h5,8-9H,2-4,6-7H2,1H3,(H,16,17,18). The second-order valence-corrected chi connectivity index (χ2v) is 4.89. The average Bonchev–Trinajstić information content (AvgIpc) is 2.39. The van der Waals surface area contributed by atoms with Crippen LogP contribution in [0.25, 0.3) is 0 Å². The van der Waals surface area contributed by atoms with Gasteiger partial charge in [0.15, 0.2) is 0 Å². The van der Waals surface area contributed by atoms with E-state index in [2.05, 4.69) is 16.4 Å². The van der Waals surface area contributed by atoms with Gasteiger partial charge in [0.05, 0.1) is 6.07 Å². The van der Waals surface area contributed by atoms with Crippen LogP contribution >= 0.6 is 0 Å². The number of rotatable bonds is 2. The van der Waals surface area contributed by atoms with Crippen LogP contribution in [0, 0.1) is 23.7 Å². The molecule has 2 rings (SSSR count). The molecule has 1 fully saturated rings. The number of nitrogens with zero attached hydrogens (tertiary/aromatic N) is 2. The minimum Gasteiger partial charge on any atom is -0.325 e. The molecule has 0 atom stereocenters. The molecule has 94 valence electrons. The lowest BCUT2D eigenvalue weighted by atomic mass is 9.74. The fourth-order valence-corrected chi connectivity index (χ4v) is 2.42. The van der Waals surface area contributed by atoms with Crippen LogP contribution in [0.5, 0.6) is 0 Å². The van der Waals surface area contributed by atoms with E-state index >= 15 is 0 Å². The summed E-state index contributed by atoms with van der Waals surface area (Å²) in [4.78, 5) is 16.4. The summed E-state index contributed by atoms with van der Waals surface area (Å²) < 4.78 is 0. The van der Waals surface area contributed by atoms with Gasteiger partial charge in [-0.2, -0.15) is 5.26 Å². The van der Waals surface area contributed by atoms with Crippen molar-refractivity contribution in [1.29, 1.82) is 5.26 Å². The first-order valence-electron chi connectivity index (χ1n) is 6.32. The molecule has 0 spiro atoms. The van der Waals surface area contributed by atoms with Gasteiger partial charge in [0.25, 0.3) is 0 Å². The van der Waals surface area contributed by atoms with E-state index in [0.29, 0.717) is 18.5 Å². The van der Waals surface area contributed by atoms with Crippen LogP contribution in [0.2, 0.25) is 0 Å². The van der Waals surface area contributed by atoms with Crippen LogP contribution in [-0.2, 0) is 4.79 Å². The SMILES string of the molecule is Cc1cc(NC(=O)C2(C#N)CCCCC2)ccn1. The molecular weight excluding hydrogens is 226 g/mol. The first-order chi connectivity index (χ1) is 8.66. The third-order valence-corrected chi connectivity index (χ3v) is 3.51. The summed E-state index contributed by atoms with van der Waals surface area (Å²) in [5.41, 5.74) is 0.727. The van der Waals surface area contributed by atoms with Crippen LogP contribution < -0.4 is 5.32 Å². The average molecular weight is 243 g/mol. The molecule has 1 aliphatic rings. The zero-order valence-corrected chi connectivity index (χ0v) is 10.6. The predicted octanol–water partition coefficient (Wildman–Crippen LogP) is 2.80. The Morgan fingerprint density at radius 2 is 2.17 bits per heavy atom. The Hall–Kier alpha value is -1.89.